The minimum absolute atomic E-state index is 0.0423. The molecule has 106 valence electrons. The molecule has 5 nitrogen and oxygen atoms in total. The summed E-state index contributed by atoms with van der Waals surface area (Å²) in [7, 11) is -3.80. The lowest BCUT2D eigenvalue weighted by molar-refractivity contribution is 0.601. The Labute approximate surface area is 133 Å². The smallest absolute Gasteiger partial charge is 0.265 e. The molecular weight excluding hydrogens is 410 g/mol. The Bertz CT molecular complexity index is 740. The van der Waals surface area contributed by atoms with Crippen molar-refractivity contribution in [1.29, 1.82) is 0 Å². The Morgan fingerprint density at radius 3 is 2.40 bits per heavy atom. The van der Waals surface area contributed by atoms with Crippen LogP contribution in [0.4, 0.5) is 11.5 Å². The van der Waals surface area contributed by atoms with Crippen LogP contribution in [0, 0.1) is 6.92 Å². The van der Waals surface area contributed by atoms with Crippen LogP contribution in [0.1, 0.15) is 5.56 Å². The molecule has 0 aliphatic rings. The number of nitrogens with one attached hydrogen (secondary N) is 1. The van der Waals surface area contributed by atoms with Gasteiger partial charge in [-0.15, -0.1) is 0 Å². The molecule has 0 fully saturated rings. The topological polar surface area (TPSA) is 85.1 Å². The third-order valence-corrected chi connectivity index (χ3v) is 5.16. The molecule has 1 heterocycles. The number of hydrogen-bond acceptors (Lipinski definition) is 4. The molecule has 0 atom stereocenters. The molecule has 0 spiro atoms. The van der Waals surface area contributed by atoms with E-state index in [1.165, 1.54) is 18.3 Å². The second-order valence-electron chi connectivity index (χ2n) is 4.10. The van der Waals surface area contributed by atoms with Crippen LogP contribution >= 0.6 is 31.9 Å². The summed E-state index contributed by atoms with van der Waals surface area (Å²) in [5, 5.41) is 0. The summed E-state index contributed by atoms with van der Waals surface area (Å²) >= 11 is 6.68. The molecule has 20 heavy (non-hydrogen) atoms. The number of nitrogens with zero attached hydrogens (tertiary/aromatic N) is 1. The van der Waals surface area contributed by atoms with Crippen molar-refractivity contribution < 1.29 is 8.42 Å². The van der Waals surface area contributed by atoms with Gasteiger partial charge in [0.25, 0.3) is 10.0 Å². The van der Waals surface area contributed by atoms with E-state index in [1.54, 1.807) is 0 Å². The Balaban J connectivity index is 2.47. The van der Waals surface area contributed by atoms with Crippen molar-refractivity contribution in [3.8, 4) is 0 Å². The molecule has 0 aliphatic heterocycles. The largest absolute Gasteiger partial charge is 0.383 e. The number of aryl methyl sites for hydroxylation is 1. The van der Waals surface area contributed by atoms with Gasteiger partial charge in [-0.25, -0.2) is 13.4 Å². The standard InChI is InChI=1S/C12H11Br2N3O2S/c1-7-5-8(13)11(9(14)6-7)17-20(18,19)10-3-2-4-16-12(10)15/h2-6,17H,1H3,(H2,15,16). The predicted molar refractivity (Wildman–Crippen MR) is 86.0 cm³/mol. The third kappa shape index (κ3) is 3.13. The summed E-state index contributed by atoms with van der Waals surface area (Å²) in [5.74, 6) is -0.0423. The van der Waals surface area contributed by atoms with Crippen molar-refractivity contribution in [2.75, 3.05) is 10.5 Å². The van der Waals surface area contributed by atoms with Gasteiger partial charge in [-0.3, -0.25) is 4.72 Å². The Morgan fingerprint density at radius 1 is 1.25 bits per heavy atom. The Kier molecular flexibility index (Phi) is 4.36. The first kappa shape index (κ1) is 15.3. The van der Waals surface area contributed by atoms with Crippen LogP contribution in [0.2, 0.25) is 0 Å². The molecule has 2 rings (SSSR count). The summed E-state index contributed by atoms with van der Waals surface area (Å²) in [6.07, 6.45) is 1.44. The zero-order chi connectivity index (χ0) is 14.9. The quantitative estimate of drug-likeness (QED) is 0.797. The lowest BCUT2D eigenvalue weighted by atomic mass is 10.2. The van der Waals surface area contributed by atoms with Gasteiger partial charge in [0, 0.05) is 15.1 Å². The maximum atomic E-state index is 12.3. The number of sulfonamides is 1. The molecule has 0 unspecified atom stereocenters. The second-order valence-corrected chi connectivity index (χ2v) is 7.46. The summed E-state index contributed by atoms with van der Waals surface area (Å²) in [6.45, 7) is 1.91. The summed E-state index contributed by atoms with van der Waals surface area (Å²) in [5.41, 5.74) is 7.02. The summed E-state index contributed by atoms with van der Waals surface area (Å²) < 4.78 is 28.4. The predicted octanol–water partition coefficient (Wildman–Crippen LogP) is 3.30. The van der Waals surface area contributed by atoms with Crippen LogP contribution in [-0.2, 0) is 10.0 Å². The molecule has 0 amide bonds. The minimum atomic E-state index is -3.80. The first-order valence-corrected chi connectivity index (χ1v) is 8.57. The van der Waals surface area contributed by atoms with Gasteiger partial charge in [-0.05, 0) is 68.6 Å². The van der Waals surface area contributed by atoms with Crippen LogP contribution in [0.25, 0.3) is 0 Å². The fraction of sp³-hybridized carbons (Fsp3) is 0.0833. The zero-order valence-corrected chi connectivity index (χ0v) is 14.4. The number of anilines is 2. The number of rotatable bonds is 3. The summed E-state index contributed by atoms with van der Waals surface area (Å²) in [4.78, 5) is 3.73. The van der Waals surface area contributed by atoms with Crippen LogP contribution in [0.3, 0.4) is 0 Å². The first-order chi connectivity index (χ1) is 9.31. The normalized spacial score (nSPS) is 11.3. The number of hydrogen-bond donors (Lipinski definition) is 2. The van der Waals surface area contributed by atoms with E-state index in [1.807, 2.05) is 19.1 Å². The van der Waals surface area contributed by atoms with Gasteiger partial charge in [0.2, 0.25) is 0 Å². The van der Waals surface area contributed by atoms with E-state index < -0.39 is 10.0 Å². The maximum Gasteiger partial charge on any atom is 0.265 e. The van der Waals surface area contributed by atoms with Gasteiger partial charge in [0.05, 0.1) is 5.69 Å². The number of nitrogen functional groups attached to an aromatic ring is 1. The van der Waals surface area contributed by atoms with Gasteiger partial charge in [0.15, 0.2) is 0 Å². The van der Waals surface area contributed by atoms with Gasteiger partial charge < -0.3 is 5.73 Å². The number of benzene rings is 1. The minimum Gasteiger partial charge on any atom is -0.383 e. The van der Waals surface area contributed by atoms with Gasteiger partial charge >= 0.3 is 0 Å². The van der Waals surface area contributed by atoms with E-state index in [-0.39, 0.29) is 10.7 Å². The molecule has 0 radical (unpaired) electrons. The van der Waals surface area contributed by atoms with Crippen LogP contribution in [0.5, 0.6) is 0 Å². The SMILES string of the molecule is Cc1cc(Br)c(NS(=O)(=O)c2cccnc2N)c(Br)c1. The average Bonchev–Trinajstić information content (AvgIpc) is 2.34. The zero-order valence-electron chi connectivity index (χ0n) is 10.4. The molecule has 1 aromatic heterocycles. The molecule has 2 aromatic rings. The Morgan fingerprint density at radius 2 is 1.85 bits per heavy atom. The van der Waals surface area contributed by atoms with Crippen LogP contribution in [0.15, 0.2) is 44.3 Å². The third-order valence-electron chi connectivity index (χ3n) is 2.51. The fourth-order valence-electron chi connectivity index (χ4n) is 1.62. The highest BCUT2D eigenvalue weighted by atomic mass is 79.9. The van der Waals surface area contributed by atoms with Crippen molar-refractivity contribution in [3.05, 3.63) is 45.0 Å². The van der Waals surface area contributed by atoms with Crippen molar-refractivity contribution in [1.82, 2.24) is 4.98 Å². The number of nitrogens with two attached hydrogens (primary N) is 1. The van der Waals surface area contributed by atoms with Crippen LogP contribution < -0.4 is 10.5 Å². The summed E-state index contributed by atoms with van der Waals surface area (Å²) in [6, 6.07) is 6.55. The Hall–Kier alpha value is -1.12. The molecule has 0 bridgehead atoms. The highest BCUT2D eigenvalue weighted by Gasteiger charge is 2.20. The molecule has 1 aromatic carbocycles. The fourth-order valence-corrected chi connectivity index (χ4v) is 4.68. The van der Waals surface area contributed by atoms with Crippen LogP contribution in [-0.4, -0.2) is 13.4 Å². The van der Waals surface area contributed by atoms with E-state index in [9.17, 15) is 8.42 Å². The van der Waals surface area contributed by atoms with Gasteiger partial charge in [0.1, 0.15) is 10.7 Å². The molecular formula is C12H11Br2N3O2S. The van der Waals surface area contributed by atoms with Gasteiger partial charge in [-0.2, -0.15) is 0 Å². The second kappa shape index (κ2) is 5.71. The van der Waals surface area contributed by atoms with Gasteiger partial charge in [-0.1, -0.05) is 0 Å². The highest BCUT2D eigenvalue weighted by Crippen LogP contribution is 2.34. The van der Waals surface area contributed by atoms with Crippen molar-refractivity contribution in [2.45, 2.75) is 11.8 Å². The lowest BCUT2D eigenvalue weighted by Crippen LogP contribution is -2.16. The number of pyridine rings is 1. The monoisotopic (exact) mass is 419 g/mol. The van der Waals surface area contributed by atoms with E-state index in [2.05, 4.69) is 41.6 Å². The van der Waals surface area contributed by atoms with Crippen molar-refractivity contribution in [2.24, 2.45) is 0 Å². The number of aromatic nitrogens is 1. The molecule has 0 saturated heterocycles. The van der Waals surface area contributed by atoms with E-state index in [0.29, 0.717) is 14.6 Å². The lowest BCUT2D eigenvalue weighted by Gasteiger charge is -2.13. The molecule has 8 heteroatoms. The number of halogens is 2. The van der Waals surface area contributed by atoms with E-state index in [4.69, 9.17) is 5.73 Å². The van der Waals surface area contributed by atoms with E-state index >= 15 is 0 Å². The molecule has 0 aliphatic carbocycles. The molecule has 0 saturated carbocycles. The first-order valence-electron chi connectivity index (χ1n) is 5.50. The maximum absolute atomic E-state index is 12.3. The highest BCUT2D eigenvalue weighted by molar-refractivity contribution is 9.11. The molecule has 3 N–H and O–H groups in total. The average molecular weight is 421 g/mol. The van der Waals surface area contributed by atoms with E-state index in [0.717, 1.165) is 5.56 Å². The van der Waals surface area contributed by atoms with Crippen molar-refractivity contribution >= 4 is 53.4 Å². The van der Waals surface area contributed by atoms with Crippen molar-refractivity contribution in [3.63, 3.8) is 0 Å².